The minimum Gasteiger partial charge on any atom is -0.497 e. The largest absolute Gasteiger partial charge is 0.497 e. The third-order valence-corrected chi connectivity index (χ3v) is 5.12. The third kappa shape index (κ3) is 2.89. The minimum atomic E-state index is 0.482. The monoisotopic (exact) mass is 336 g/mol. The molecule has 25 heavy (non-hydrogen) atoms. The van der Waals surface area contributed by atoms with Gasteiger partial charge in [-0.05, 0) is 64.0 Å². The Kier molecular flexibility index (Phi) is 4.17. The van der Waals surface area contributed by atoms with Crippen LogP contribution in [0.1, 0.15) is 35.8 Å². The van der Waals surface area contributed by atoms with Crippen LogP contribution in [-0.4, -0.2) is 35.2 Å². The standard InChI is InChI=1S/C20H24N4O/c1-12-17(14-4-6-16(25-3)7-5-14)24-20-18(12)22-13(2)23-19(20)15-8-10-21-11-9-15/h4-7,15,21H,8-11H2,1-3H3,(H,22,23). The number of hydrogen-bond acceptors (Lipinski definition) is 4. The van der Waals surface area contributed by atoms with Crippen LogP contribution in [0.15, 0.2) is 24.3 Å². The van der Waals surface area contributed by atoms with Crippen molar-refractivity contribution in [3.05, 3.63) is 41.3 Å². The van der Waals surface area contributed by atoms with Crippen LogP contribution in [0, 0.1) is 13.8 Å². The molecule has 1 aromatic carbocycles. The van der Waals surface area contributed by atoms with E-state index in [0.29, 0.717) is 5.92 Å². The molecule has 130 valence electrons. The molecule has 0 aromatic heterocycles. The minimum absolute atomic E-state index is 0.482. The van der Waals surface area contributed by atoms with Crippen LogP contribution < -0.4 is 10.1 Å². The van der Waals surface area contributed by atoms with Gasteiger partial charge < -0.3 is 15.0 Å². The van der Waals surface area contributed by atoms with Crippen molar-refractivity contribution in [2.24, 2.45) is 0 Å². The van der Waals surface area contributed by atoms with E-state index >= 15 is 0 Å². The first-order valence-electron chi connectivity index (χ1n) is 8.89. The van der Waals surface area contributed by atoms with Gasteiger partial charge >= 0.3 is 0 Å². The van der Waals surface area contributed by atoms with Gasteiger partial charge in [-0.2, -0.15) is 0 Å². The fraction of sp³-hybridized carbons (Fsp3) is 0.400. The Hall–Kier alpha value is -2.40. The Morgan fingerprint density at radius 1 is 1.00 bits per heavy atom. The molecule has 0 unspecified atom stereocenters. The first-order chi connectivity index (χ1) is 12.2. The lowest BCUT2D eigenvalue weighted by molar-refractivity contribution is 0.415. The van der Waals surface area contributed by atoms with E-state index in [1.807, 2.05) is 19.1 Å². The molecule has 0 amide bonds. The smallest absolute Gasteiger partial charge is 0.118 e. The Bertz CT molecular complexity index is 847. The summed E-state index contributed by atoms with van der Waals surface area (Å²) in [6, 6.07) is 8.10. The van der Waals surface area contributed by atoms with E-state index in [9.17, 15) is 0 Å². The van der Waals surface area contributed by atoms with Gasteiger partial charge in [0.05, 0.1) is 24.2 Å². The Labute approximate surface area is 148 Å². The van der Waals surface area contributed by atoms with E-state index in [1.54, 1.807) is 7.11 Å². The SMILES string of the molecule is COc1ccc(-c2nc3c(C4CCNCC4)nc(C)[nH]c-3c2C)cc1. The van der Waals surface area contributed by atoms with Gasteiger partial charge in [-0.3, -0.25) is 0 Å². The van der Waals surface area contributed by atoms with Crippen LogP contribution in [0.4, 0.5) is 0 Å². The molecule has 3 aliphatic heterocycles. The average Bonchev–Trinajstić information content (AvgIpc) is 2.98. The molecule has 3 aliphatic rings. The number of aryl methyl sites for hydroxylation is 1. The molecule has 5 nitrogen and oxygen atoms in total. The maximum Gasteiger partial charge on any atom is 0.118 e. The third-order valence-electron chi connectivity index (χ3n) is 5.12. The molecule has 5 heteroatoms. The second kappa shape index (κ2) is 6.48. The van der Waals surface area contributed by atoms with Crippen LogP contribution >= 0.6 is 0 Å². The van der Waals surface area contributed by atoms with E-state index in [1.165, 1.54) is 5.56 Å². The van der Waals surface area contributed by atoms with Gasteiger partial charge in [0.25, 0.3) is 0 Å². The fourth-order valence-electron chi connectivity index (χ4n) is 3.74. The summed E-state index contributed by atoms with van der Waals surface area (Å²) in [6.45, 7) is 6.27. The van der Waals surface area contributed by atoms with E-state index in [4.69, 9.17) is 14.7 Å². The average molecular weight is 336 g/mol. The number of aromatic nitrogens is 3. The van der Waals surface area contributed by atoms with Gasteiger partial charge in [-0.25, -0.2) is 9.97 Å². The molecule has 1 fully saturated rings. The zero-order chi connectivity index (χ0) is 17.4. The van der Waals surface area contributed by atoms with Crippen molar-refractivity contribution in [1.29, 1.82) is 0 Å². The summed E-state index contributed by atoms with van der Waals surface area (Å²) in [5.74, 6) is 2.30. The van der Waals surface area contributed by atoms with Gasteiger partial charge in [0.15, 0.2) is 0 Å². The molecule has 0 aliphatic carbocycles. The molecule has 1 aromatic rings. The van der Waals surface area contributed by atoms with Crippen LogP contribution in [0.2, 0.25) is 0 Å². The van der Waals surface area contributed by atoms with Crippen molar-refractivity contribution >= 4 is 0 Å². The first-order valence-corrected chi connectivity index (χ1v) is 8.89. The van der Waals surface area contributed by atoms with Gasteiger partial charge in [0.2, 0.25) is 0 Å². The van der Waals surface area contributed by atoms with Crippen molar-refractivity contribution in [1.82, 2.24) is 20.3 Å². The number of nitrogens with one attached hydrogen (secondary N) is 2. The van der Waals surface area contributed by atoms with Crippen molar-refractivity contribution in [2.45, 2.75) is 32.6 Å². The fourth-order valence-corrected chi connectivity index (χ4v) is 3.74. The molecular formula is C20H24N4O. The lowest BCUT2D eigenvalue weighted by Crippen LogP contribution is -2.27. The van der Waals surface area contributed by atoms with Crippen molar-refractivity contribution < 1.29 is 4.74 Å². The molecule has 2 N–H and O–H groups in total. The van der Waals surface area contributed by atoms with Crippen molar-refractivity contribution in [3.63, 3.8) is 0 Å². The van der Waals surface area contributed by atoms with E-state index in [2.05, 4.69) is 29.4 Å². The molecule has 1 saturated heterocycles. The van der Waals surface area contributed by atoms with Gasteiger partial charge in [-0.1, -0.05) is 0 Å². The number of nitrogens with zero attached hydrogens (tertiary/aromatic N) is 2. The zero-order valence-corrected chi connectivity index (χ0v) is 15.0. The Balaban J connectivity index is 1.83. The van der Waals surface area contributed by atoms with Gasteiger partial charge in [0.1, 0.15) is 17.3 Å². The Morgan fingerprint density at radius 3 is 2.40 bits per heavy atom. The maximum absolute atomic E-state index is 5.27. The normalized spacial score (nSPS) is 15.6. The second-order valence-corrected chi connectivity index (χ2v) is 6.77. The van der Waals surface area contributed by atoms with Crippen molar-refractivity contribution in [3.8, 4) is 28.4 Å². The van der Waals surface area contributed by atoms with Gasteiger partial charge in [-0.15, -0.1) is 0 Å². The highest BCUT2D eigenvalue weighted by molar-refractivity contribution is 5.78. The number of piperidine rings is 1. The molecule has 4 rings (SSSR count). The molecule has 0 radical (unpaired) electrons. The molecular weight excluding hydrogens is 312 g/mol. The predicted octanol–water partition coefficient (Wildman–Crippen LogP) is 3.67. The molecule has 3 heterocycles. The van der Waals surface area contributed by atoms with Gasteiger partial charge in [0, 0.05) is 17.0 Å². The molecule has 0 spiro atoms. The predicted molar refractivity (Wildman–Crippen MR) is 99.3 cm³/mol. The highest BCUT2D eigenvalue weighted by Gasteiger charge is 2.27. The number of aromatic amines is 1. The zero-order valence-electron chi connectivity index (χ0n) is 15.0. The number of fused-ring (bicyclic) bond motifs is 1. The number of ether oxygens (including phenoxy) is 1. The maximum atomic E-state index is 5.27. The van der Waals surface area contributed by atoms with Crippen LogP contribution in [0.25, 0.3) is 22.6 Å². The van der Waals surface area contributed by atoms with Crippen LogP contribution in [0.5, 0.6) is 5.75 Å². The second-order valence-electron chi connectivity index (χ2n) is 6.77. The lowest BCUT2D eigenvalue weighted by atomic mass is 9.92. The quantitative estimate of drug-likeness (QED) is 0.766. The van der Waals surface area contributed by atoms with E-state index in [0.717, 1.165) is 65.8 Å². The topological polar surface area (TPSA) is 62.8 Å². The highest BCUT2D eigenvalue weighted by atomic mass is 16.5. The summed E-state index contributed by atoms with van der Waals surface area (Å²) >= 11 is 0. The summed E-state index contributed by atoms with van der Waals surface area (Å²) in [7, 11) is 1.68. The highest BCUT2D eigenvalue weighted by Crippen LogP contribution is 2.38. The molecule has 0 bridgehead atoms. The summed E-state index contributed by atoms with van der Waals surface area (Å²) in [5, 5.41) is 3.43. The number of benzene rings is 1. The number of methoxy groups -OCH3 is 1. The number of H-pyrrole nitrogens is 1. The number of hydrogen-bond donors (Lipinski definition) is 2. The Morgan fingerprint density at radius 2 is 1.72 bits per heavy atom. The summed E-state index contributed by atoms with van der Waals surface area (Å²) in [5.41, 5.74) is 6.61. The molecule has 0 atom stereocenters. The first kappa shape index (κ1) is 16.1. The lowest BCUT2D eigenvalue weighted by Gasteiger charge is -2.23. The van der Waals surface area contributed by atoms with E-state index < -0.39 is 0 Å². The summed E-state index contributed by atoms with van der Waals surface area (Å²) in [6.07, 6.45) is 2.24. The van der Waals surface area contributed by atoms with Crippen molar-refractivity contribution in [2.75, 3.05) is 20.2 Å². The number of rotatable bonds is 3. The van der Waals surface area contributed by atoms with Crippen LogP contribution in [-0.2, 0) is 0 Å². The summed E-state index contributed by atoms with van der Waals surface area (Å²) in [4.78, 5) is 13.3. The molecule has 0 saturated carbocycles. The summed E-state index contributed by atoms with van der Waals surface area (Å²) < 4.78 is 5.27. The van der Waals surface area contributed by atoms with E-state index in [-0.39, 0.29) is 0 Å². The van der Waals surface area contributed by atoms with Crippen LogP contribution in [0.3, 0.4) is 0 Å².